The van der Waals surface area contributed by atoms with Crippen molar-refractivity contribution in [3.05, 3.63) is 12.7 Å². The van der Waals surface area contributed by atoms with Crippen LogP contribution in [0.4, 0.5) is 0 Å². The highest BCUT2D eigenvalue weighted by molar-refractivity contribution is 5.91. The summed E-state index contributed by atoms with van der Waals surface area (Å²) in [6.07, 6.45) is 7.97. The number of carbonyl (C=O) groups is 1. The summed E-state index contributed by atoms with van der Waals surface area (Å²) in [6.45, 7) is 3.57. The van der Waals surface area contributed by atoms with E-state index in [0.29, 0.717) is 17.6 Å². The summed E-state index contributed by atoms with van der Waals surface area (Å²) < 4.78 is 0. The van der Waals surface area contributed by atoms with Gasteiger partial charge < -0.3 is 0 Å². The number of carbonyl (C=O) groups excluding carboxylic acids is 1. The summed E-state index contributed by atoms with van der Waals surface area (Å²) >= 11 is 0. The second kappa shape index (κ2) is 3.04. The van der Waals surface area contributed by atoms with Gasteiger partial charge in [-0.2, -0.15) is 0 Å². The van der Waals surface area contributed by atoms with E-state index in [-0.39, 0.29) is 0 Å². The first kappa shape index (κ1) is 8.03. The summed E-state index contributed by atoms with van der Waals surface area (Å²) in [6, 6.07) is 0. The van der Waals surface area contributed by atoms with Crippen LogP contribution in [0.2, 0.25) is 0 Å². The number of allylic oxidation sites excluding steroid dienone is 1. The van der Waals surface area contributed by atoms with Crippen LogP contribution >= 0.6 is 0 Å². The summed E-state index contributed by atoms with van der Waals surface area (Å²) in [7, 11) is 0. The van der Waals surface area contributed by atoms with E-state index >= 15 is 0 Å². The first-order valence-electron chi connectivity index (χ1n) is 4.97. The molecule has 66 valence electrons. The van der Waals surface area contributed by atoms with Gasteiger partial charge in [-0.3, -0.25) is 4.79 Å². The molecule has 0 N–H and O–H groups in total. The Balaban J connectivity index is 2.08. The van der Waals surface area contributed by atoms with Gasteiger partial charge in [-0.05, 0) is 37.2 Å². The normalized spacial score (nSPS) is 39.5. The minimum absolute atomic E-state index is 0.296. The van der Waals surface area contributed by atoms with E-state index in [2.05, 4.69) is 6.58 Å². The summed E-state index contributed by atoms with van der Waals surface area (Å²) in [5, 5.41) is 0. The molecule has 0 heterocycles. The molecule has 1 unspecified atom stereocenters. The lowest BCUT2D eigenvalue weighted by atomic mass is 9.63. The number of hydrogen-bond acceptors (Lipinski definition) is 1. The van der Waals surface area contributed by atoms with Crippen molar-refractivity contribution < 1.29 is 4.79 Å². The molecule has 0 spiro atoms. The van der Waals surface area contributed by atoms with E-state index in [4.69, 9.17) is 0 Å². The van der Waals surface area contributed by atoms with Gasteiger partial charge in [0.2, 0.25) is 0 Å². The smallest absolute Gasteiger partial charge is 0.158 e. The first-order chi connectivity index (χ1) is 5.81. The average Bonchev–Trinajstić information content (AvgIpc) is 2.18. The zero-order valence-corrected chi connectivity index (χ0v) is 7.46. The fourth-order valence-electron chi connectivity index (χ4n) is 2.88. The van der Waals surface area contributed by atoms with E-state index in [9.17, 15) is 4.79 Å². The molecule has 0 saturated heterocycles. The van der Waals surface area contributed by atoms with Crippen LogP contribution in [0.1, 0.15) is 32.1 Å². The van der Waals surface area contributed by atoms with Gasteiger partial charge in [0.05, 0.1) is 0 Å². The van der Waals surface area contributed by atoms with Crippen molar-refractivity contribution in [3.63, 3.8) is 0 Å². The number of hydrogen-bond donors (Lipinski definition) is 0. The second-order valence-corrected chi connectivity index (χ2v) is 4.23. The molecule has 3 aliphatic carbocycles. The number of fused-ring (bicyclic) bond motifs is 3. The van der Waals surface area contributed by atoms with Gasteiger partial charge in [-0.1, -0.05) is 19.4 Å². The highest BCUT2D eigenvalue weighted by Gasteiger charge is 2.37. The summed E-state index contributed by atoms with van der Waals surface area (Å²) in [5.41, 5.74) is 0. The van der Waals surface area contributed by atoms with Crippen LogP contribution in [0.5, 0.6) is 0 Å². The largest absolute Gasteiger partial charge is 0.295 e. The fraction of sp³-hybridized carbons (Fsp3) is 0.727. The van der Waals surface area contributed by atoms with E-state index in [0.717, 1.165) is 12.3 Å². The van der Waals surface area contributed by atoms with Crippen molar-refractivity contribution in [1.29, 1.82) is 0 Å². The van der Waals surface area contributed by atoms with E-state index in [1.54, 1.807) is 0 Å². The Morgan fingerprint density at radius 3 is 2.33 bits per heavy atom. The van der Waals surface area contributed by atoms with E-state index in [1.165, 1.54) is 31.8 Å². The van der Waals surface area contributed by atoms with Crippen molar-refractivity contribution in [2.75, 3.05) is 0 Å². The number of rotatable bonds is 2. The van der Waals surface area contributed by atoms with Crippen molar-refractivity contribution in [3.8, 4) is 0 Å². The van der Waals surface area contributed by atoms with E-state index in [1.807, 2.05) is 0 Å². The van der Waals surface area contributed by atoms with E-state index < -0.39 is 0 Å². The standard InChI is InChI=1S/C11H16O/c1-2-11(12)10-7-8-3-5-9(10)6-4-8/h2,8-10H,1,3-7H2. The lowest BCUT2D eigenvalue weighted by Crippen LogP contribution is -2.35. The minimum Gasteiger partial charge on any atom is -0.295 e. The molecular weight excluding hydrogens is 148 g/mol. The van der Waals surface area contributed by atoms with Crippen molar-refractivity contribution in [2.24, 2.45) is 17.8 Å². The molecule has 3 aliphatic rings. The predicted octanol–water partition coefficient (Wildman–Crippen LogP) is 2.57. The van der Waals surface area contributed by atoms with Gasteiger partial charge in [0, 0.05) is 5.92 Å². The Kier molecular flexibility index (Phi) is 2.03. The van der Waals surface area contributed by atoms with Crippen LogP contribution in [0.3, 0.4) is 0 Å². The molecule has 3 saturated carbocycles. The molecule has 0 aromatic rings. The Bertz CT molecular complexity index is 199. The maximum absolute atomic E-state index is 11.4. The molecular formula is C11H16O. The number of ketones is 1. The van der Waals surface area contributed by atoms with Gasteiger partial charge >= 0.3 is 0 Å². The Morgan fingerprint density at radius 2 is 1.92 bits per heavy atom. The molecule has 0 aliphatic heterocycles. The molecule has 12 heavy (non-hydrogen) atoms. The van der Waals surface area contributed by atoms with Gasteiger partial charge in [-0.15, -0.1) is 0 Å². The van der Waals surface area contributed by atoms with Crippen LogP contribution in [-0.2, 0) is 4.79 Å². The fourth-order valence-corrected chi connectivity index (χ4v) is 2.88. The molecule has 1 nitrogen and oxygen atoms in total. The molecule has 1 heteroatoms. The van der Waals surface area contributed by atoms with Crippen molar-refractivity contribution >= 4 is 5.78 Å². The van der Waals surface area contributed by atoms with Gasteiger partial charge in [-0.25, -0.2) is 0 Å². The molecule has 3 fully saturated rings. The first-order valence-corrected chi connectivity index (χ1v) is 4.97. The zero-order valence-electron chi connectivity index (χ0n) is 7.46. The Morgan fingerprint density at radius 1 is 1.25 bits per heavy atom. The third kappa shape index (κ3) is 1.21. The summed E-state index contributed by atoms with van der Waals surface area (Å²) in [5.74, 6) is 2.18. The van der Waals surface area contributed by atoms with Crippen molar-refractivity contribution in [1.82, 2.24) is 0 Å². The maximum atomic E-state index is 11.4. The molecule has 0 amide bonds. The topological polar surface area (TPSA) is 17.1 Å². The van der Waals surface area contributed by atoms with Crippen LogP contribution in [0.25, 0.3) is 0 Å². The quantitative estimate of drug-likeness (QED) is 0.573. The minimum atomic E-state index is 0.296. The molecule has 0 radical (unpaired) electrons. The highest BCUT2D eigenvalue weighted by Crippen LogP contribution is 2.45. The van der Waals surface area contributed by atoms with Crippen LogP contribution in [0, 0.1) is 17.8 Å². The SMILES string of the molecule is C=CC(=O)C1CC2CCC1CC2. The zero-order chi connectivity index (χ0) is 8.55. The Labute approximate surface area is 73.8 Å². The second-order valence-electron chi connectivity index (χ2n) is 4.23. The van der Waals surface area contributed by atoms with Crippen LogP contribution < -0.4 is 0 Å². The molecule has 3 rings (SSSR count). The highest BCUT2D eigenvalue weighted by atomic mass is 16.1. The Hall–Kier alpha value is -0.590. The van der Waals surface area contributed by atoms with Gasteiger partial charge in [0.1, 0.15) is 0 Å². The monoisotopic (exact) mass is 164 g/mol. The van der Waals surface area contributed by atoms with Gasteiger partial charge in [0.25, 0.3) is 0 Å². The molecule has 1 atom stereocenters. The van der Waals surface area contributed by atoms with Gasteiger partial charge in [0.15, 0.2) is 5.78 Å². The lowest BCUT2D eigenvalue weighted by Gasteiger charge is -2.41. The molecule has 2 bridgehead atoms. The third-order valence-electron chi connectivity index (χ3n) is 3.61. The molecule has 0 aromatic heterocycles. The average molecular weight is 164 g/mol. The predicted molar refractivity (Wildman–Crippen MR) is 48.8 cm³/mol. The summed E-state index contributed by atoms with van der Waals surface area (Å²) in [4.78, 5) is 11.4. The lowest BCUT2D eigenvalue weighted by molar-refractivity contribution is -0.123. The van der Waals surface area contributed by atoms with Crippen LogP contribution in [-0.4, -0.2) is 5.78 Å². The van der Waals surface area contributed by atoms with Crippen LogP contribution in [0.15, 0.2) is 12.7 Å². The maximum Gasteiger partial charge on any atom is 0.158 e. The van der Waals surface area contributed by atoms with Crippen molar-refractivity contribution in [2.45, 2.75) is 32.1 Å². The molecule has 0 aromatic carbocycles. The third-order valence-corrected chi connectivity index (χ3v) is 3.61.